The van der Waals surface area contributed by atoms with Crippen LogP contribution in [0.1, 0.15) is 21.0 Å². The molecule has 3 rings (SSSR count). The second-order valence-electron chi connectivity index (χ2n) is 6.28. The molecule has 2 aromatic carbocycles. The lowest BCUT2D eigenvalue weighted by Gasteiger charge is -2.09. The summed E-state index contributed by atoms with van der Waals surface area (Å²) in [6, 6.07) is 15.1. The van der Waals surface area contributed by atoms with Gasteiger partial charge in [0.1, 0.15) is 60.9 Å². The van der Waals surface area contributed by atoms with E-state index in [9.17, 15) is 18.4 Å². The fourth-order valence-corrected chi connectivity index (χ4v) is 2.46. The van der Waals surface area contributed by atoms with E-state index in [0.29, 0.717) is 11.5 Å². The SMILES string of the molecule is O=C(OCCOc1ccc(F)cc1)c1cccc(C(=O)OCCOc2ccc(F)cc2)n1. The van der Waals surface area contributed by atoms with Gasteiger partial charge in [-0.25, -0.2) is 23.4 Å². The molecule has 166 valence electrons. The van der Waals surface area contributed by atoms with Crippen LogP contribution >= 0.6 is 0 Å². The van der Waals surface area contributed by atoms with Crippen molar-refractivity contribution in [3.63, 3.8) is 0 Å². The van der Waals surface area contributed by atoms with Crippen LogP contribution in [-0.2, 0) is 9.47 Å². The predicted octanol–water partition coefficient (Wildman–Crippen LogP) is 3.83. The first kappa shape index (κ1) is 22.7. The first-order chi connectivity index (χ1) is 15.5. The highest BCUT2D eigenvalue weighted by Crippen LogP contribution is 2.12. The third-order valence-electron chi connectivity index (χ3n) is 3.97. The van der Waals surface area contributed by atoms with Crippen molar-refractivity contribution < 1.29 is 37.3 Å². The fourth-order valence-electron chi connectivity index (χ4n) is 2.46. The largest absolute Gasteiger partial charge is 0.490 e. The molecular weight excluding hydrogens is 424 g/mol. The van der Waals surface area contributed by atoms with Gasteiger partial charge in [0.25, 0.3) is 0 Å². The molecule has 0 spiro atoms. The van der Waals surface area contributed by atoms with E-state index >= 15 is 0 Å². The summed E-state index contributed by atoms with van der Waals surface area (Å²) in [5, 5.41) is 0. The lowest BCUT2D eigenvalue weighted by Crippen LogP contribution is -2.17. The van der Waals surface area contributed by atoms with Crippen LogP contribution in [-0.4, -0.2) is 43.4 Å². The van der Waals surface area contributed by atoms with E-state index in [4.69, 9.17) is 18.9 Å². The molecule has 0 aliphatic heterocycles. The standard InChI is InChI=1S/C23H19F2NO6/c24-16-4-8-18(9-5-16)29-12-14-31-22(27)20-2-1-3-21(26-20)23(28)32-15-13-30-19-10-6-17(25)7-11-19/h1-11H,12-15H2. The van der Waals surface area contributed by atoms with E-state index in [1.54, 1.807) is 0 Å². The summed E-state index contributed by atoms with van der Waals surface area (Å²) in [6.07, 6.45) is 0. The van der Waals surface area contributed by atoms with E-state index in [2.05, 4.69) is 4.98 Å². The Kier molecular flexibility index (Phi) is 8.08. The van der Waals surface area contributed by atoms with E-state index in [1.165, 1.54) is 66.7 Å². The number of ether oxygens (including phenoxy) is 4. The minimum atomic E-state index is -0.734. The summed E-state index contributed by atoms with van der Waals surface area (Å²) in [7, 11) is 0. The lowest BCUT2D eigenvalue weighted by molar-refractivity contribution is 0.0434. The van der Waals surface area contributed by atoms with Crippen molar-refractivity contribution in [1.82, 2.24) is 4.98 Å². The Bertz CT molecular complexity index is 960. The normalized spacial score (nSPS) is 10.3. The van der Waals surface area contributed by atoms with Crippen molar-refractivity contribution in [1.29, 1.82) is 0 Å². The first-order valence-electron chi connectivity index (χ1n) is 9.59. The Labute approximate surface area is 182 Å². The average Bonchev–Trinajstić information content (AvgIpc) is 2.81. The van der Waals surface area contributed by atoms with Gasteiger partial charge in [-0.15, -0.1) is 0 Å². The second-order valence-corrected chi connectivity index (χ2v) is 6.28. The van der Waals surface area contributed by atoms with Crippen molar-refractivity contribution in [2.24, 2.45) is 0 Å². The number of rotatable bonds is 10. The molecule has 0 saturated carbocycles. The van der Waals surface area contributed by atoms with Crippen molar-refractivity contribution in [2.45, 2.75) is 0 Å². The third-order valence-corrected chi connectivity index (χ3v) is 3.97. The average molecular weight is 443 g/mol. The zero-order chi connectivity index (χ0) is 22.8. The van der Waals surface area contributed by atoms with Crippen LogP contribution in [0.3, 0.4) is 0 Å². The third kappa shape index (κ3) is 7.05. The van der Waals surface area contributed by atoms with Gasteiger partial charge in [-0.2, -0.15) is 0 Å². The van der Waals surface area contributed by atoms with E-state index in [1.807, 2.05) is 0 Å². The number of hydrogen-bond acceptors (Lipinski definition) is 7. The van der Waals surface area contributed by atoms with Crippen LogP contribution in [0.5, 0.6) is 11.5 Å². The van der Waals surface area contributed by atoms with Crippen LogP contribution in [0.25, 0.3) is 0 Å². The number of nitrogens with zero attached hydrogens (tertiary/aromatic N) is 1. The topological polar surface area (TPSA) is 84.0 Å². The van der Waals surface area contributed by atoms with Gasteiger partial charge < -0.3 is 18.9 Å². The maximum atomic E-state index is 12.8. The molecule has 0 radical (unpaired) electrons. The molecule has 0 bridgehead atoms. The number of esters is 2. The van der Waals surface area contributed by atoms with Crippen LogP contribution in [0, 0.1) is 11.6 Å². The number of aromatic nitrogens is 1. The summed E-state index contributed by atoms with van der Waals surface area (Å²) >= 11 is 0. The first-order valence-corrected chi connectivity index (χ1v) is 9.59. The summed E-state index contributed by atoms with van der Waals surface area (Å²) in [4.78, 5) is 28.2. The number of benzene rings is 2. The Hall–Kier alpha value is -4.01. The summed E-state index contributed by atoms with van der Waals surface area (Å²) in [5.41, 5.74) is -0.132. The maximum absolute atomic E-state index is 12.8. The zero-order valence-electron chi connectivity index (χ0n) is 16.8. The minimum Gasteiger partial charge on any atom is -0.490 e. The highest BCUT2D eigenvalue weighted by Gasteiger charge is 2.14. The summed E-state index contributed by atoms with van der Waals surface area (Å²) in [5.74, 6) is -1.35. The van der Waals surface area contributed by atoms with Crippen molar-refractivity contribution in [2.75, 3.05) is 26.4 Å². The molecule has 1 aromatic heterocycles. The van der Waals surface area contributed by atoms with Crippen molar-refractivity contribution in [3.05, 3.63) is 89.8 Å². The number of pyridine rings is 1. The smallest absolute Gasteiger partial charge is 0.357 e. The number of carbonyl (C=O) groups excluding carboxylic acids is 2. The second kappa shape index (κ2) is 11.4. The molecule has 3 aromatic rings. The molecule has 1 heterocycles. The minimum absolute atomic E-state index is 0.0622. The van der Waals surface area contributed by atoms with E-state index in [0.717, 1.165) is 0 Å². The number of carbonyl (C=O) groups is 2. The van der Waals surface area contributed by atoms with E-state index < -0.39 is 11.9 Å². The van der Waals surface area contributed by atoms with Gasteiger partial charge in [-0.1, -0.05) is 6.07 Å². The molecule has 0 fully saturated rings. The summed E-state index contributed by atoms with van der Waals surface area (Å²) < 4.78 is 46.5. The van der Waals surface area contributed by atoms with E-state index in [-0.39, 0.29) is 49.4 Å². The predicted molar refractivity (Wildman–Crippen MR) is 109 cm³/mol. The molecule has 32 heavy (non-hydrogen) atoms. The lowest BCUT2D eigenvalue weighted by atomic mass is 10.3. The van der Waals surface area contributed by atoms with Gasteiger partial charge in [-0.05, 0) is 60.7 Å². The fraction of sp³-hybridized carbons (Fsp3) is 0.174. The van der Waals surface area contributed by atoms with Gasteiger partial charge in [0, 0.05) is 0 Å². The highest BCUT2D eigenvalue weighted by molar-refractivity contribution is 5.91. The van der Waals surface area contributed by atoms with Gasteiger partial charge in [-0.3, -0.25) is 0 Å². The molecule has 0 amide bonds. The molecule has 0 atom stereocenters. The molecule has 0 N–H and O–H groups in total. The molecule has 9 heteroatoms. The Morgan fingerprint density at radius 2 is 1.03 bits per heavy atom. The maximum Gasteiger partial charge on any atom is 0.357 e. The number of hydrogen-bond donors (Lipinski definition) is 0. The van der Waals surface area contributed by atoms with Gasteiger partial charge >= 0.3 is 11.9 Å². The Balaban J connectivity index is 1.40. The van der Waals surface area contributed by atoms with Crippen LogP contribution in [0.15, 0.2) is 66.7 Å². The Morgan fingerprint density at radius 1 is 0.625 bits per heavy atom. The monoisotopic (exact) mass is 443 g/mol. The summed E-state index contributed by atoms with van der Waals surface area (Å²) in [6.45, 7) is 0.000890. The van der Waals surface area contributed by atoms with Gasteiger partial charge in [0.15, 0.2) is 0 Å². The molecule has 0 aliphatic carbocycles. The number of halogens is 2. The van der Waals surface area contributed by atoms with Gasteiger partial charge in [0.05, 0.1) is 0 Å². The molecule has 0 aliphatic rings. The van der Waals surface area contributed by atoms with Crippen LogP contribution in [0.4, 0.5) is 8.78 Å². The molecule has 7 nitrogen and oxygen atoms in total. The van der Waals surface area contributed by atoms with Crippen molar-refractivity contribution in [3.8, 4) is 11.5 Å². The van der Waals surface area contributed by atoms with Gasteiger partial charge in [0.2, 0.25) is 0 Å². The Morgan fingerprint density at radius 3 is 1.44 bits per heavy atom. The van der Waals surface area contributed by atoms with Crippen LogP contribution in [0.2, 0.25) is 0 Å². The van der Waals surface area contributed by atoms with Crippen LogP contribution < -0.4 is 9.47 Å². The molecule has 0 unspecified atom stereocenters. The quantitative estimate of drug-likeness (QED) is 0.348. The highest BCUT2D eigenvalue weighted by atomic mass is 19.1. The molecule has 0 saturated heterocycles. The zero-order valence-corrected chi connectivity index (χ0v) is 16.8. The molecular formula is C23H19F2NO6. The van der Waals surface area contributed by atoms with Crippen molar-refractivity contribution >= 4 is 11.9 Å².